The van der Waals surface area contributed by atoms with Gasteiger partial charge in [0, 0.05) is 30.8 Å². The lowest BCUT2D eigenvalue weighted by molar-refractivity contribution is 0.330. The zero-order valence-corrected chi connectivity index (χ0v) is 13.2. The van der Waals surface area contributed by atoms with Crippen molar-refractivity contribution in [2.75, 3.05) is 13.1 Å². The quantitative estimate of drug-likeness (QED) is 0.882. The number of hydrogen-bond acceptors (Lipinski definition) is 3. The van der Waals surface area contributed by atoms with Gasteiger partial charge in [0.25, 0.3) is 0 Å². The molecule has 0 spiro atoms. The van der Waals surface area contributed by atoms with Gasteiger partial charge < -0.3 is 5.32 Å². The molecule has 2 saturated heterocycles. The van der Waals surface area contributed by atoms with E-state index in [1.165, 1.54) is 4.31 Å². The summed E-state index contributed by atoms with van der Waals surface area (Å²) < 4.78 is 67.1. The van der Waals surface area contributed by atoms with Crippen LogP contribution in [-0.4, -0.2) is 37.9 Å². The first-order valence-corrected chi connectivity index (χ1v) is 8.24. The number of hydrogen-bond donors (Lipinski definition) is 1. The van der Waals surface area contributed by atoms with Crippen LogP contribution in [0.15, 0.2) is 17.0 Å². The van der Waals surface area contributed by atoms with Crippen LogP contribution in [-0.2, 0) is 10.0 Å². The average molecular weight is 357 g/mol. The first kappa shape index (κ1) is 17.5. The van der Waals surface area contributed by atoms with Gasteiger partial charge in [-0.05, 0) is 25.8 Å². The summed E-state index contributed by atoms with van der Waals surface area (Å²) in [5.41, 5.74) is 0. The van der Waals surface area contributed by atoms with Gasteiger partial charge in [0.2, 0.25) is 10.0 Å². The predicted molar refractivity (Wildman–Crippen MR) is 76.9 cm³/mol. The van der Waals surface area contributed by atoms with E-state index in [1.807, 2.05) is 0 Å². The Morgan fingerprint density at radius 2 is 1.64 bits per heavy atom. The molecule has 1 aromatic carbocycles. The Hall–Kier alpha value is -0.830. The van der Waals surface area contributed by atoms with Gasteiger partial charge in [0.1, 0.15) is 17.5 Å². The molecule has 2 atom stereocenters. The lowest BCUT2D eigenvalue weighted by Gasteiger charge is -2.27. The van der Waals surface area contributed by atoms with Crippen LogP contribution in [0.25, 0.3) is 0 Å². The molecule has 0 amide bonds. The Morgan fingerprint density at radius 3 is 2.27 bits per heavy atom. The Morgan fingerprint density at radius 1 is 1.05 bits per heavy atom. The SMILES string of the molecule is Cl.O=S(=O)(c1c(F)cc(F)cc1F)N1C2CCNCC1CC2. The molecule has 22 heavy (non-hydrogen) atoms. The highest BCUT2D eigenvalue weighted by molar-refractivity contribution is 7.89. The van der Waals surface area contributed by atoms with Gasteiger partial charge in [-0.25, -0.2) is 21.6 Å². The molecule has 2 unspecified atom stereocenters. The van der Waals surface area contributed by atoms with Crippen molar-refractivity contribution in [1.29, 1.82) is 0 Å². The fourth-order valence-electron chi connectivity index (χ4n) is 3.21. The zero-order valence-electron chi connectivity index (χ0n) is 11.6. The van der Waals surface area contributed by atoms with Crippen molar-refractivity contribution < 1.29 is 21.6 Å². The van der Waals surface area contributed by atoms with Gasteiger partial charge in [-0.2, -0.15) is 4.31 Å². The van der Waals surface area contributed by atoms with Gasteiger partial charge in [0.05, 0.1) is 0 Å². The minimum Gasteiger partial charge on any atom is -0.315 e. The lowest BCUT2D eigenvalue weighted by atomic mass is 10.1. The second-order valence-corrected chi connectivity index (χ2v) is 7.19. The second kappa shape index (κ2) is 6.35. The number of nitrogens with one attached hydrogen (secondary N) is 1. The first-order chi connectivity index (χ1) is 9.91. The second-order valence-electron chi connectivity index (χ2n) is 5.41. The topological polar surface area (TPSA) is 49.4 Å². The molecular formula is C13H16ClF3N2O2S. The fraction of sp³-hybridized carbons (Fsp3) is 0.538. The van der Waals surface area contributed by atoms with Gasteiger partial charge in [-0.15, -0.1) is 12.4 Å². The van der Waals surface area contributed by atoms with Gasteiger partial charge in [-0.1, -0.05) is 0 Å². The number of fused-ring (bicyclic) bond motifs is 2. The van der Waals surface area contributed by atoms with E-state index in [0.717, 1.165) is 0 Å². The Kier molecular flexibility index (Phi) is 5.06. The van der Waals surface area contributed by atoms with Crippen LogP contribution >= 0.6 is 12.4 Å². The molecule has 1 aromatic rings. The molecule has 2 bridgehead atoms. The van der Waals surface area contributed by atoms with E-state index in [4.69, 9.17) is 0 Å². The molecule has 124 valence electrons. The van der Waals surface area contributed by atoms with Crippen LogP contribution in [0.4, 0.5) is 13.2 Å². The molecular weight excluding hydrogens is 341 g/mol. The fourth-order valence-corrected chi connectivity index (χ4v) is 5.21. The minimum atomic E-state index is -4.32. The van der Waals surface area contributed by atoms with Crippen LogP contribution in [0.2, 0.25) is 0 Å². The van der Waals surface area contributed by atoms with Crippen molar-refractivity contribution in [3.8, 4) is 0 Å². The molecule has 0 radical (unpaired) electrons. The summed E-state index contributed by atoms with van der Waals surface area (Å²) >= 11 is 0. The van der Waals surface area contributed by atoms with E-state index in [0.29, 0.717) is 44.5 Å². The van der Waals surface area contributed by atoms with Crippen molar-refractivity contribution in [2.24, 2.45) is 0 Å². The maximum Gasteiger partial charge on any atom is 0.249 e. The summed E-state index contributed by atoms with van der Waals surface area (Å²) in [4.78, 5) is -1.05. The molecule has 9 heteroatoms. The maximum atomic E-state index is 13.8. The normalized spacial score (nSPS) is 25.6. The maximum absolute atomic E-state index is 13.8. The molecule has 0 saturated carbocycles. The van der Waals surface area contributed by atoms with Crippen LogP contribution in [0.1, 0.15) is 19.3 Å². The summed E-state index contributed by atoms with van der Waals surface area (Å²) in [6, 6.07) is 0.215. The highest BCUT2D eigenvalue weighted by Gasteiger charge is 2.45. The van der Waals surface area contributed by atoms with E-state index < -0.39 is 32.4 Å². The predicted octanol–water partition coefficient (Wildman–Crippen LogP) is 2.04. The molecule has 0 aromatic heterocycles. The van der Waals surface area contributed by atoms with Crippen LogP contribution in [0, 0.1) is 17.5 Å². The molecule has 0 aliphatic carbocycles. The number of benzene rings is 1. The van der Waals surface area contributed by atoms with Gasteiger partial charge in [-0.3, -0.25) is 0 Å². The molecule has 2 aliphatic rings. The monoisotopic (exact) mass is 356 g/mol. The summed E-state index contributed by atoms with van der Waals surface area (Å²) in [7, 11) is -4.32. The molecule has 2 heterocycles. The van der Waals surface area contributed by atoms with Crippen LogP contribution in [0.5, 0.6) is 0 Å². The van der Waals surface area contributed by atoms with Crippen molar-refractivity contribution in [2.45, 2.75) is 36.2 Å². The van der Waals surface area contributed by atoms with E-state index in [1.54, 1.807) is 0 Å². The van der Waals surface area contributed by atoms with E-state index in [-0.39, 0.29) is 24.5 Å². The smallest absolute Gasteiger partial charge is 0.249 e. The highest BCUT2D eigenvalue weighted by atomic mass is 35.5. The zero-order chi connectivity index (χ0) is 15.2. The third-order valence-corrected chi connectivity index (χ3v) is 6.14. The van der Waals surface area contributed by atoms with Crippen LogP contribution < -0.4 is 5.32 Å². The molecule has 1 N–H and O–H groups in total. The Balaban J connectivity index is 0.00000176. The standard InChI is InChI=1S/C13H15F3N2O2S.ClH/c14-8-5-11(15)13(12(16)6-8)21(19,20)18-9-1-2-10(18)7-17-4-3-9;/h5-6,9-10,17H,1-4,7H2;1H. The Labute approximate surface area is 133 Å². The molecule has 2 aliphatic heterocycles. The highest BCUT2D eigenvalue weighted by Crippen LogP contribution is 2.35. The van der Waals surface area contributed by atoms with Crippen LogP contribution in [0.3, 0.4) is 0 Å². The Bertz CT molecular complexity index is 634. The van der Waals surface area contributed by atoms with Crippen molar-refractivity contribution in [1.82, 2.24) is 9.62 Å². The van der Waals surface area contributed by atoms with Crippen molar-refractivity contribution >= 4 is 22.4 Å². The number of nitrogens with zero attached hydrogens (tertiary/aromatic N) is 1. The summed E-state index contributed by atoms with van der Waals surface area (Å²) in [6.07, 6.45) is 1.93. The van der Waals surface area contributed by atoms with Crippen molar-refractivity contribution in [3.63, 3.8) is 0 Å². The van der Waals surface area contributed by atoms with E-state index in [2.05, 4.69) is 5.32 Å². The van der Waals surface area contributed by atoms with E-state index in [9.17, 15) is 21.6 Å². The molecule has 4 nitrogen and oxygen atoms in total. The molecule has 2 fully saturated rings. The largest absolute Gasteiger partial charge is 0.315 e. The summed E-state index contributed by atoms with van der Waals surface area (Å²) in [6.45, 7) is 1.13. The first-order valence-electron chi connectivity index (χ1n) is 6.80. The van der Waals surface area contributed by atoms with Crippen molar-refractivity contribution in [3.05, 3.63) is 29.6 Å². The lowest BCUT2D eigenvalue weighted by Crippen LogP contribution is -2.43. The van der Waals surface area contributed by atoms with E-state index >= 15 is 0 Å². The van der Waals surface area contributed by atoms with Gasteiger partial charge in [0.15, 0.2) is 4.90 Å². The van der Waals surface area contributed by atoms with Gasteiger partial charge >= 0.3 is 0 Å². The third kappa shape index (κ3) is 2.84. The number of rotatable bonds is 2. The summed E-state index contributed by atoms with van der Waals surface area (Å²) in [5, 5.41) is 3.12. The number of sulfonamides is 1. The minimum absolute atomic E-state index is 0. The third-order valence-electron chi connectivity index (χ3n) is 4.09. The number of halogens is 4. The average Bonchev–Trinajstić information content (AvgIpc) is 2.61. The molecule has 3 rings (SSSR count). The summed E-state index contributed by atoms with van der Waals surface area (Å²) in [5.74, 6) is -3.90.